The Bertz CT molecular complexity index is 1690. The van der Waals surface area contributed by atoms with E-state index in [1.165, 1.54) is 24.8 Å². The summed E-state index contributed by atoms with van der Waals surface area (Å²) in [6.07, 6.45) is 0.604. The smallest absolute Gasteiger partial charge is 0.303 e. The Morgan fingerprint density at radius 1 is 1.15 bits per heavy atom. The van der Waals surface area contributed by atoms with Crippen LogP contribution >= 0.6 is 0 Å². The number of piperazine rings is 1. The van der Waals surface area contributed by atoms with Crippen LogP contribution in [0.3, 0.4) is 0 Å². The number of hydrogen-bond acceptors (Lipinski definition) is 12. The molecule has 6 rings (SSSR count). The van der Waals surface area contributed by atoms with Crippen molar-refractivity contribution in [3.8, 4) is 29.0 Å². The third-order valence-electron chi connectivity index (χ3n) is 9.36. The maximum atomic E-state index is 15.4. The predicted molar refractivity (Wildman–Crippen MR) is 176 cm³/mol. The number of nitrogens with one attached hydrogen (secondary N) is 1. The number of rotatable bonds is 10. The lowest BCUT2D eigenvalue weighted by Crippen LogP contribution is -2.61. The van der Waals surface area contributed by atoms with Crippen molar-refractivity contribution < 1.29 is 28.1 Å². The van der Waals surface area contributed by atoms with Crippen molar-refractivity contribution in [1.82, 2.24) is 24.8 Å². The minimum absolute atomic E-state index is 0.0357. The van der Waals surface area contributed by atoms with Gasteiger partial charge in [0.15, 0.2) is 5.60 Å². The predicted octanol–water partition coefficient (Wildman–Crippen LogP) is 4.06. The molecule has 0 amide bonds. The highest BCUT2D eigenvalue weighted by Gasteiger charge is 2.56. The molecule has 14 heteroatoms. The maximum absolute atomic E-state index is 15.4. The van der Waals surface area contributed by atoms with Gasteiger partial charge in [-0.3, -0.25) is 4.90 Å². The van der Waals surface area contributed by atoms with Crippen molar-refractivity contribution >= 4 is 17.5 Å². The van der Waals surface area contributed by atoms with Crippen LogP contribution in [0.4, 0.5) is 26.2 Å². The van der Waals surface area contributed by atoms with Gasteiger partial charge in [-0.2, -0.15) is 10.2 Å². The number of methoxy groups -OCH3 is 1. The number of ether oxygens (including phenoxy) is 3. The number of anilines is 3. The molecule has 0 saturated carbocycles. The van der Waals surface area contributed by atoms with Crippen LogP contribution in [0.1, 0.15) is 25.8 Å². The molecule has 0 radical (unpaired) electrons. The highest BCUT2D eigenvalue weighted by atomic mass is 19.3. The Kier molecular flexibility index (Phi) is 9.37. The van der Waals surface area contributed by atoms with Crippen LogP contribution in [-0.4, -0.2) is 113 Å². The van der Waals surface area contributed by atoms with E-state index in [0.29, 0.717) is 29.0 Å². The molecule has 48 heavy (non-hydrogen) atoms. The van der Waals surface area contributed by atoms with Crippen LogP contribution in [0, 0.1) is 11.3 Å². The molecule has 1 unspecified atom stereocenters. The highest BCUT2D eigenvalue weighted by molar-refractivity contribution is 5.66. The van der Waals surface area contributed by atoms with Crippen molar-refractivity contribution in [1.29, 1.82) is 5.26 Å². The first-order chi connectivity index (χ1) is 23.0. The summed E-state index contributed by atoms with van der Waals surface area (Å²) in [4.78, 5) is 19.7. The number of piperidine rings is 1. The molecule has 0 bridgehead atoms. The van der Waals surface area contributed by atoms with Gasteiger partial charge in [0, 0.05) is 56.6 Å². The molecule has 2 atom stereocenters. The zero-order valence-corrected chi connectivity index (χ0v) is 27.3. The van der Waals surface area contributed by atoms with Crippen molar-refractivity contribution in [2.24, 2.45) is 0 Å². The average molecular weight is 663 g/mol. The monoisotopic (exact) mass is 662 g/mol. The second-order valence-corrected chi connectivity index (χ2v) is 12.5. The fourth-order valence-corrected chi connectivity index (χ4v) is 6.11. The van der Waals surface area contributed by atoms with Gasteiger partial charge in [-0.1, -0.05) is 6.58 Å². The SMILES string of the molecule is C=C([C@H](C)O)N1CCC(C)(Oc2ccc(-c3ccnc(Nc4ccc(N5CCN(C6COC6)CC5)c(OC)n4)n3)cc2C#N)C(F)(F)C1. The Balaban J connectivity index is 1.14. The van der Waals surface area contributed by atoms with Gasteiger partial charge in [-0.25, -0.2) is 18.7 Å². The lowest BCUT2D eigenvalue weighted by molar-refractivity contribution is -0.190. The first kappa shape index (κ1) is 33.3. The van der Waals surface area contributed by atoms with E-state index in [9.17, 15) is 10.4 Å². The summed E-state index contributed by atoms with van der Waals surface area (Å²) in [5, 5.41) is 22.9. The number of alkyl halides is 2. The first-order valence-corrected chi connectivity index (χ1v) is 16.0. The van der Waals surface area contributed by atoms with E-state index in [1.807, 2.05) is 12.1 Å². The summed E-state index contributed by atoms with van der Waals surface area (Å²) in [6.45, 7) is 11.4. The Labute approximate surface area is 278 Å². The molecule has 3 saturated heterocycles. The van der Waals surface area contributed by atoms with Crippen LogP contribution < -0.4 is 19.7 Å². The molecule has 3 fully saturated rings. The van der Waals surface area contributed by atoms with Crippen molar-refractivity contribution in [2.75, 3.05) is 69.8 Å². The van der Waals surface area contributed by atoms with E-state index in [-0.39, 0.29) is 35.9 Å². The van der Waals surface area contributed by atoms with Crippen LogP contribution in [0.5, 0.6) is 11.6 Å². The molecule has 0 spiro atoms. The fourth-order valence-electron chi connectivity index (χ4n) is 6.11. The highest BCUT2D eigenvalue weighted by Crippen LogP contribution is 2.42. The lowest BCUT2D eigenvalue weighted by Gasteiger charge is -2.46. The van der Waals surface area contributed by atoms with Gasteiger partial charge in [-0.05, 0) is 50.2 Å². The summed E-state index contributed by atoms with van der Waals surface area (Å²) in [5.74, 6) is -1.96. The minimum Gasteiger partial charge on any atom is -0.480 e. The number of pyridine rings is 1. The number of halogens is 2. The first-order valence-electron chi connectivity index (χ1n) is 16.0. The summed E-state index contributed by atoms with van der Waals surface area (Å²) >= 11 is 0. The molecular formula is C34H40F2N8O4. The molecular weight excluding hydrogens is 622 g/mol. The van der Waals surface area contributed by atoms with E-state index in [0.717, 1.165) is 45.1 Å². The van der Waals surface area contributed by atoms with E-state index < -0.39 is 24.2 Å². The van der Waals surface area contributed by atoms with Crippen molar-refractivity contribution in [3.63, 3.8) is 0 Å². The van der Waals surface area contributed by atoms with Crippen molar-refractivity contribution in [2.45, 2.75) is 43.9 Å². The normalized spacial score (nSPS) is 21.9. The molecule has 0 aliphatic carbocycles. The zero-order valence-electron chi connectivity index (χ0n) is 27.3. The fraction of sp³-hybridized carbons (Fsp3) is 0.471. The van der Waals surface area contributed by atoms with Crippen LogP contribution in [-0.2, 0) is 4.74 Å². The third kappa shape index (κ3) is 6.71. The Morgan fingerprint density at radius 3 is 2.56 bits per heavy atom. The summed E-state index contributed by atoms with van der Waals surface area (Å²) in [6, 6.07) is 12.8. The topological polar surface area (TPSA) is 132 Å². The number of nitriles is 1. The van der Waals surface area contributed by atoms with E-state index in [4.69, 9.17) is 14.2 Å². The second kappa shape index (κ2) is 13.5. The van der Waals surface area contributed by atoms with Gasteiger partial charge >= 0.3 is 5.92 Å². The Morgan fingerprint density at radius 2 is 1.92 bits per heavy atom. The molecule has 3 aliphatic heterocycles. The standard InChI is InChI=1S/C34H40F2N8O4/c1-22(23(2)45)44-12-10-33(3,34(35,36)21-44)48-29-7-5-24(17-25(29)18-37)27-9-11-38-32(39-27)41-30-8-6-28(31(40-30)46-4)43-15-13-42(14-16-43)26-19-47-20-26/h5-9,11,17,23,26,45H,1,10,12-16,19-21H2,2-4H3,(H,38,39,40,41)/t23-,33?/m0/s1. The molecule has 3 aromatic rings. The molecule has 12 nitrogen and oxygen atoms in total. The second-order valence-electron chi connectivity index (χ2n) is 12.5. The molecule has 2 aromatic heterocycles. The van der Waals surface area contributed by atoms with Crippen molar-refractivity contribution in [3.05, 3.63) is 60.4 Å². The van der Waals surface area contributed by atoms with Gasteiger partial charge in [0.2, 0.25) is 11.8 Å². The van der Waals surface area contributed by atoms with Crippen LogP contribution in [0.25, 0.3) is 11.3 Å². The quantitative estimate of drug-likeness (QED) is 0.325. The lowest BCUT2D eigenvalue weighted by atomic mass is 9.88. The van der Waals surface area contributed by atoms with E-state index >= 15 is 8.78 Å². The largest absolute Gasteiger partial charge is 0.480 e. The third-order valence-corrected chi connectivity index (χ3v) is 9.36. The zero-order chi connectivity index (χ0) is 34.1. The minimum atomic E-state index is -3.28. The van der Waals surface area contributed by atoms with Crippen LogP contribution in [0.15, 0.2) is 54.9 Å². The van der Waals surface area contributed by atoms with E-state index in [2.05, 4.69) is 42.7 Å². The van der Waals surface area contributed by atoms with Gasteiger partial charge in [0.1, 0.15) is 23.3 Å². The Hall–Kier alpha value is -4.58. The summed E-state index contributed by atoms with van der Waals surface area (Å²) < 4.78 is 47.7. The average Bonchev–Trinajstić information content (AvgIpc) is 3.05. The number of aliphatic hydroxyl groups excluding tert-OH is 1. The van der Waals surface area contributed by atoms with Gasteiger partial charge in [-0.15, -0.1) is 0 Å². The molecule has 5 heterocycles. The molecule has 3 aliphatic rings. The van der Waals surface area contributed by atoms with E-state index in [1.54, 1.807) is 31.5 Å². The molecule has 1 aromatic carbocycles. The number of nitrogens with zero attached hydrogens (tertiary/aromatic N) is 7. The van der Waals surface area contributed by atoms with Gasteiger partial charge in [0.25, 0.3) is 0 Å². The molecule has 2 N–H and O–H groups in total. The molecule has 254 valence electrons. The maximum Gasteiger partial charge on any atom is 0.303 e. The number of aliphatic hydroxyl groups is 1. The van der Waals surface area contributed by atoms with Crippen LogP contribution in [0.2, 0.25) is 0 Å². The summed E-state index contributed by atoms with van der Waals surface area (Å²) in [7, 11) is 1.59. The van der Waals surface area contributed by atoms with Gasteiger partial charge in [0.05, 0.1) is 50.3 Å². The number of hydrogen-bond donors (Lipinski definition) is 2. The number of benzene rings is 1. The number of likely N-dealkylation sites (tertiary alicyclic amines) is 1. The summed E-state index contributed by atoms with van der Waals surface area (Å²) in [5.41, 5.74) is 0.459. The van der Waals surface area contributed by atoms with Gasteiger partial charge < -0.3 is 34.4 Å². The number of aromatic nitrogens is 3.